The molecule has 7 atom stereocenters. The average Bonchev–Trinajstić information content (AvgIpc) is 4.18. The Morgan fingerprint density at radius 1 is 0.667 bits per heavy atom. The van der Waals surface area contributed by atoms with Crippen LogP contribution in [0.5, 0.6) is 0 Å². The van der Waals surface area contributed by atoms with Crippen LogP contribution in [0.25, 0.3) is 20.4 Å². The lowest BCUT2D eigenvalue weighted by molar-refractivity contribution is -0.195. The van der Waals surface area contributed by atoms with Crippen LogP contribution in [-0.2, 0) is 51.9 Å². The molecule has 0 aliphatic carbocycles. The van der Waals surface area contributed by atoms with E-state index in [1.807, 2.05) is 116 Å². The Hall–Kier alpha value is -4.65. The third-order valence-electron chi connectivity index (χ3n) is 13.4. The summed E-state index contributed by atoms with van der Waals surface area (Å²) in [5.74, 6) is -0.874. The number of sulfonamides is 2. The number of nitrogens with two attached hydrogens (primary N) is 1. The van der Waals surface area contributed by atoms with E-state index >= 15 is 0 Å². The molecular formula is C57H79N7O10S4. The summed E-state index contributed by atoms with van der Waals surface area (Å²) in [6.07, 6.45) is -0.566. The number of rotatable bonds is 25. The predicted octanol–water partition coefficient (Wildman–Crippen LogP) is 8.76. The topological polar surface area (TPSA) is 236 Å². The molecule has 2 fully saturated rings. The summed E-state index contributed by atoms with van der Waals surface area (Å²) in [5.41, 5.74) is 9.67. The number of thiazole rings is 2. The Kier molecular flexibility index (Phi) is 21.6. The van der Waals surface area contributed by atoms with E-state index in [-0.39, 0.29) is 78.1 Å². The Bertz CT molecular complexity index is 3090. The normalized spacial score (nSPS) is 18.6. The van der Waals surface area contributed by atoms with Crippen LogP contribution >= 0.6 is 22.7 Å². The number of benzene rings is 4. The van der Waals surface area contributed by atoms with Gasteiger partial charge >= 0.3 is 5.97 Å². The Morgan fingerprint density at radius 2 is 1.13 bits per heavy atom. The highest BCUT2D eigenvalue weighted by atomic mass is 32.2. The van der Waals surface area contributed by atoms with E-state index < -0.39 is 50.2 Å². The molecule has 4 aromatic carbocycles. The van der Waals surface area contributed by atoms with Gasteiger partial charge in [0.1, 0.15) is 6.10 Å². The number of ether oxygens (including phenoxy) is 3. The molecule has 78 heavy (non-hydrogen) atoms. The molecule has 2 aliphatic rings. The number of carbonyl (C=O) groups excluding carboxylic acids is 1. The van der Waals surface area contributed by atoms with E-state index in [0.717, 1.165) is 48.2 Å². The summed E-state index contributed by atoms with van der Waals surface area (Å²) in [7, 11) is -7.80. The quantitative estimate of drug-likeness (QED) is 0.0337. The Balaban J connectivity index is 0.000000238. The van der Waals surface area contributed by atoms with Gasteiger partial charge in [-0.1, -0.05) is 111 Å². The molecule has 0 radical (unpaired) electrons. The Labute approximate surface area is 469 Å². The molecule has 0 spiro atoms. The number of aromatic nitrogens is 2. The van der Waals surface area contributed by atoms with Gasteiger partial charge in [-0.25, -0.2) is 26.8 Å². The zero-order chi connectivity index (χ0) is 56.3. The number of anilines is 2. The van der Waals surface area contributed by atoms with Gasteiger partial charge in [0.15, 0.2) is 16.6 Å². The third-order valence-corrected chi connectivity index (χ3v) is 18.9. The van der Waals surface area contributed by atoms with Crippen LogP contribution in [0.1, 0.15) is 85.8 Å². The molecule has 426 valence electrons. The first-order valence-corrected chi connectivity index (χ1v) is 31.5. The first-order valence-electron chi connectivity index (χ1n) is 27.0. The molecule has 4 heterocycles. The van der Waals surface area contributed by atoms with Gasteiger partial charge in [0.2, 0.25) is 20.0 Å². The van der Waals surface area contributed by atoms with Crippen LogP contribution in [0.15, 0.2) is 107 Å². The van der Waals surface area contributed by atoms with Gasteiger partial charge in [0, 0.05) is 62.6 Å². The van der Waals surface area contributed by atoms with Crippen molar-refractivity contribution < 1.29 is 46.1 Å². The van der Waals surface area contributed by atoms with E-state index in [0.29, 0.717) is 39.0 Å². The largest absolute Gasteiger partial charge is 0.462 e. The Morgan fingerprint density at radius 3 is 1.60 bits per heavy atom. The van der Waals surface area contributed by atoms with Crippen molar-refractivity contribution >= 4 is 79.4 Å². The van der Waals surface area contributed by atoms with Crippen molar-refractivity contribution in [3.05, 3.63) is 108 Å². The minimum atomic E-state index is -3.98. The zero-order valence-corrected chi connectivity index (χ0v) is 49.3. The number of fused-ring (bicyclic) bond motifs is 3. The van der Waals surface area contributed by atoms with Gasteiger partial charge in [-0.2, -0.15) is 8.61 Å². The fraction of sp³-hybridized carbons (Fsp3) is 0.526. The molecule has 6 N–H and O–H groups in total. The summed E-state index contributed by atoms with van der Waals surface area (Å²) in [6.45, 7) is 17.2. The minimum Gasteiger partial charge on any atom is -0.462 e. The molecule has 0 saturated carbocycles. The van der Waals surface area contributed by atoms with Crippen molar-refractivity contribution in [3.63, 3.8) is 0 Å². The molecule has 2 aliphatic heterocycles. The summed E-state index contributed by atoms with van der Waals surface area (Å²) in [5, 5.41) is 30.5. The van der Waals surface area contributed by atoms with Crippen LogP contribution in [-0.4, -0.2) is 134 Å². The second-order valence-electron chi connectivity index (χ2n) is 21.8. The van der Waals surface area contributed by atoms with Crippen molar-refractivity contribution in [2.75, 3.05) is 50.0 Å². The number of nitrogens with one attached hydrogen (secondary N) is 2. The highest BCUT2D eigenvalue weighted by Crippen LogP contribution is 2.35. The summed E-state index contributed by atoms with van der Waals surface area (Å²) < 4.78 is 76.8. The fourth-order valence-corrected chi connectivity index (χ4v) is 15.1. The summed E-state index contributed by atoms with van der Waals surface area (Å²) in [4.78, 5) is 22.8. The molecule has 17 nitrogen and oxygen atoms in total. The van der Waals surface area contributed by atoms with Crippen molar-refractivity contribution in [2.45, 2.75) is 140 Å². The minimum absolute atomic E-state index is 0.00000831. The van der Waals surface area contributed by atoms with Crippen LogP contribution in [0.4, 0.5) is 10.3 Å². The summed E-state index contributed by atoms with van der Waals surface area (Å²) in [6, 6.07) is 29.0. The molecular weight excluding hydrogens is 1070 g/mol. The van der Waals surface area contributed by atoms with E-state index in [1.54, 1.807) is 36.4 Å². The van der Waals surface area contributed by atoms with Gasteiger partial charge in [0.25, 0.3) is 0 Å². The monoisotopic (exact) mass is 1150 g/mol. The van der Waals surface area contributed by atoms with Crippen LogP contribution in [0, 0.1) is 23.7 Å². The second-order valence-corrected chi connectivity index (χ2v) is 27.8. The number of carbonyl (C=O) groups is 1. The number of esters is 1. The number of hydrogen-bond acceptors (Lipinski definition) is 17. The average molecular weight is 1150 g/mol. The first kappa shape index (κ1) is 61.0. The van der Waals surface area contributed by atoms with Crippen molar-refractivity contribution in [3.8, 4) is 0 Å². The van der Waals surface area contributed by atoms with Crippen molar-refractivity contribution in [1.29, 1.82) is 0 Å². The predicted molar refractivity (Wildman–Crippen MR) is 311 cm³/mol. The van der Waals surface area contributed by atoms with E-state index in [2.05, 4.69) is 20.6 Å². The first-order chi connectivity index (χ1) is 37.0. The van der Waals surface area contributed by atoms with Gasteiger partial charge < -0.3 is 40.8 Å². The summed E-state index contributed by atoms with van der Waals surface area (Å²) >= 11 is 2.83. The molecule has 2 aromatic heterocycles. The van der Waals surface area contributed by atoms with Gasteiger partial charge in [-0.05, 0) is 106 Å². The number of aliphatic hydroxyl groups excluding tert-OH is 2. The van der Waals surface area contributed by atoms with Crippen molar-refractivity contribution in [2.24, 2.45) is 29.4 Å². The van der Waals surface area contributed by atoms with Crippen molar-refractivity contribution in [1.82, 2.24) is 18.6 Å². The van der Waals surface area contributed by atoms with E-state index in [1.165, 1.54) is 31.3 Å². The lowest BCUT2D eigenvalue weighted by Crippen LogP contribution is -2.47. The van der Waals surface area contributed by atoms with Crippen LogP contribution < -0.4 is 16.4 Å². The smallest absolute Gasteiger partial charge is 0.306 e. The number of nitrogens with zero attached hydrogens (tertiary/aromatic N) is 4. The zero-order valence-electron chi connectivity index (χ0n) is 46.0. The molecule has 8 rings (SSSR count). The molecule has 6 aromatic rings. The lowest BCUT2D eigenvalue weighted by Gasteiger charge is -2.33. The highest BCUT2D eigenvalue weighted by molar-refractivity contribution is 7.89. The van der Waals surface area contributed by atoms with Crippen LogP contribution in [0.2, 0.25) is 0 Å². The van der Waals surface area contributed by atoms with E-state index in [9.17, 15) is 31.8 Å². The maximum Gasteiger partial charge on any atom is 0.306 e. The molecule has 2 saturated heterocycles. The SMILES string of the molecule is CC(C)CN(C[C@@H](O)[C@@H](CC(=O)O[C@H]1CCO[C@H]2OCC[C@H]21)Cc1ccccc1)S(=O)(=O)c1ccc2nc(NC(C)C)sc2c1.CC(C)CN(C[C@@H](O)[C@@H](N)Cc1ccccc1)S(=O)(=O)c1ccc2nc(NC(C)C)sc2c1. The molecule has 0 unspecified atom stereocenters. The standard InChI is InChI=1S/C33H45N3O7S2.C24H34N4O3S2/c1-21(2)19-36(45(39,40)25-10-11-27-30(18-25)44-33(35-27)34-22(3)4)20-28(37)24(16-23-8-6-5-7-9-23)17-31(38)43-29-13-15-42-32-26(29)12-14-41-32;1-16(2)14-28(15-22(29)20(25)12-18-8-6-5-7-9-18)33(30,31)19-10-11-21-23(13-19)32-24(27-21)26-17(3)4/h5-11,18,21-22,24,26,28-29,32,37H,12-17,19-20H2,1-4H3,(H,34,35);5-11,13,16-17,20,22,29H,12,14-15,25H2,1-4H3,(H,26,27)/t24-,26+,28-,29+,32-;20-,22+/m10/s1. The van der Waals surface area contributed by atoms with Crippen LogP contribution in [0.3, 0.4) is 0 Å². The molecule has 0 amide bonds. The highest BCUT2D eigenvalue weighted by Gasteiger charge is 2.42. The fourth-order valence-electron chi connectivity index (χ4n) is 9.59. The van der Waals surface area contributed by atoms with E-state index in [4.69, 9.17) is 19.9 Å². The molecule has 21 heteroatoms. The maximum atomic E-state index is 14.1. The number of aliphatic hydroxyl groups is 2. The maximum absolute atomic E-state index is 14.1. The van der Waals surface area contributed by atoms with Gasteiger partial charge in [-0.3, -0.25) is 4.79 Å². The van der Waals surface area contributed by atoms with Gasteiger partial charge in [-0.15, -0.1) is 0 Å². The molecule has 0 bridgehead atoms. The van der Waals surface area contributed by atoms with Gasteiger partial charge in [0.05, 0.1) is 62.1 Å². The lowest BCUT2D eigenvalue weighted by atomic mass is 9.90. The second kappa shape index (κ2) is 27.7. The third kappa shape index (κ3) is 16.7. The number of hydrogen-bond donors (Lipinski definition) is 5.